The van der Waals surface area contributed by atoms with Crippen LogP contribution in [0.5, 0.6) is 0 Å². The van der Waals surface area contributed by atoms with E-state index in [1.54, 1.807) is 0 Å². The minimum absolute atomic E-state index is 0.832. The van der Waals surface area contributed by atoms with Gasteiger partial charge in [0, 0.05) is 17.2 Å². The third kappa shape index (κ3) is 7.45. The maximum Gasteiger partial charge on any atom is 0.0106 e. The molecule has 0 radical (unpaired) electrons. The molecule has 1 aromatic rings. The standard InChI is InChI=1S/C15H25NS/c1-13(2)6-5-9-16-10-11-17-15-8-4-7-14(3)12-15/h4,7-8,12-13,16H,5-6,9-11H2,1-3H3. The highest BCUT2D eigenvalue weighted by Gasteiger charge is 1.95. The Bertz CT molecular complexity index is 310. The van der Waals surface area contributed by atoms with E-state index in [9.17, 15) is 0 Å². The van der Waals surface area contributed by atoms with Gasteiger partial charge in [-0.1, -0.05) is 31.5 Å². The zero-order valence-corrected chi connectivity index (χ0v) is 12.1. The Morgan fingerprint density at radius 3 is 2.76 bits per heavy atom. The van der Waals surface area contributed by atoms with E-state index in [2.05, 4.69) is 50.4 Å². The molecule has 0 fully saturated rings. The number of hydrogen-bond acceptors (Lipinski definition) is 2. The van der Waals surface area contributed by atoms with Crippen molar-refractivity contribution in [3.8, 4) is 0 Å². The van der Waals surface area contributed by atoms with Gasteiger partial charge in [-0.2, -0.15) is 0 Å². The number of nitrogens with one attached hydrogen (secondary N) is 1. The predicted molar refractivity (Wildman–Crippen MR) is 78.8 cm³/mol. The number of benzene rings is 1. The Hall–Kier alpha value is -0.470. The summed E-state index contributed by atoms with van der Waals surface area (Å²) in [5.74, 6) is 1.99. The first-order valence-corrected chi connectivity index (χ1v) is 7.57. The van der Waals surface area contributed by atoms with Gasteiger partial charge in [-0.25, -0.2) is 0 Å². The van der Waals surface area contributed by atoms with E-state index < -0.39 is 0 Å². The molecule has 1 N–H and O–H groups in total. The fourth-order valence-electron chi connectivity index (χ4n) is 1.71. The summed E-state index contributed by atoms with van der Waals surface area (Å²) in [5, 5.41) is 3.50. The summed E-state index contributed by atoms with van der Waals surface area (Å²) in [6.07, 6.45) is 2.63. The Morgan fingerprint density at radius 1 is 1.24 bits per heavy atom. The van der Waals surface area contributed by atoms with Crippen molar-refractivity contribution >= 4 is 11.8 Å². The SMILES string of the molecule is Cc1cccc(SCCNCCCC(C)C)c1. The van der Waals surface area contributed by atoms with Crippen LogP contribution in [0.4, 0.5) is 0 Å². The molecule has 0 atom stereocenters. The van der Waals surface area contributed by atoms with Crippen LogP contribution >= 0.6 is 11.8 Å². The third-order valence-corrected chi connectivity index (χ3v) is 3.67. The van der Waals surface area contributed by atoms with Crippen LogP contribution in [-0.4, -0.2) is 18.8 Å². The van der Waals surface area contributed by atoms with Crippen LogP contribution in [-0.2, 0) is 0 Å². The van der Waals surface area contributed by atoms with Gasteiger partial charge in [0.1, 0.15) is 0 Å². The first-order valence-electron chi connectivity index (χ1n) is 6.58. The summed E-state index contributed by atoms with van der Waals surface area (Å²) in [6, 6.07) is 8.72. The molecule has 1 rings (SSSR count). The van der Waals surface area contributed by atoms with Gasteiger partial charge in [0.2, 0.25) is 0 Å². The second-order valence-electron chi connectivity index (χ2n) is 4.95. The molecule has 96 valence electrons. The molecule has 0 aliphatic carbocycles. The van der Waals surface area contributed by atoms with Crippen molar-refractivity contribution in [3.63, 3.8) is 0 Å². The van der Waals surface area contributed by atoms with Crippen LogP contribution < -0.4 is 5.32 Å². The number of thioether (sulfide) groups is 1. The van der Waals surface area contributed by atoms with Crippen LogP contribution in [0.1, 0.15) is 32.3 Å². The highest BCUT2D eigenvalue weighted by atomic mass is 32.2. The molecule has 0 saturated carbocycles. The molecule has 0 amide bonds. The highest BCUT2D eigenvalue weighted by molar-refractivity contribution is 7.99. The number of rotatable bonds is 8. The second-order valence-corrected chi connectivity index (χ2v) is 6.12. The molecule has 0 unspecified atom stereocenters. The van der Waals surface area contributed by atoms with E-state index in [0.29, 0.717) is 0 Å². The Morgan fingerprint density at radius 2 is 2.06 bits per heavy atom. The fraction of sp³-hybridized carbons (Fsp3) is 0.600. The van der Waals surface area contributed by atoms with E-state index in [1.165, 1.54) is 23.3 Å². The summed E-state index contributed by atoms with van der Waals surface area (Å²) in [4.78, 5) is 1.38. The van der Waals surface area contributed by atoms with E-state index in [1.807, 2.05) is 11.8 Å². The number of hydrogen-bond donors (Lipinski definition) is 1. The first kappa shape index (κ1) is 14.6. The molecular weight excluding hydrogens is 226 g/mol. The van der Waals surface area contributed by atoms with Crippen molar-refractivity contribution < 1.29 is 0 Å². The molecular formula is C15H25NS. The maximum atomic E-state index is 3.50. The normalized spacial score (nSPS) is 11.1. The summed E-state index contributed by atoms with van der Waals surface area (Å²) in [5.41, 5.74) is 1.35. The molecule has 0 bridgehead atoms. The Labute approximate surface area is 110 Å². The lowest BCUT2D eigenvalue weighted by Crippen LogP contribution is -2.18. The molecule has 0 aromatic heterocycles. The monoisotopic (exact) mass is 251 g/mol. The second kappa shape index (κ2) is 8.60. The topological polar surface area (TPSA) is 12.0 Å². The molecule has 0 aliphatic rings. The van der Waals surface area contributed by atoms with Crippen LogP contribution in [0.15, 0.2) is 29.2 Å². The van der Waals surface area contributed by atoms with Crippen LogP contribution in [0.2, 0.25) is 0 Å². The predicted octanol–water partition coefficient (Wildman–Crippen LogP) is 4.11. The molecule has 0 spiro atoms. The molecule has 17 heavy (non-hydrogen) atoms. The smallest absolute Gasteiger partial charge is 0.0106 e. The van der Waals surface area contributed by atoms with Crippen LogP contribution in [0.3, 0.4) is 0 Å². The van der Waals surface area contributed by atoms with Crippen molar-refractivity contribution in [2.75, 3.05) is 18.8 Å². The maximum absolute atomic E-state index is 3.50. The quantitative estimate of drug-likeness (QED) is 0.551. The molecule has 0 heterocycles. The van der Waals surface area contributed by atoms with Crippen LogP contribution in [0, 0.1) is 12.8 Å². The average molecular weight is 251 g/mol. The summed E-state index contributed by atoms with van der Waals surface area (Å²) >= 11 is 1.94. The van der Waals surface area contributed by atoms with E-state index >= 15 is 0 Å². The molecule has 2 heteroatoms. The third-order valence-electron chi connectivity index (χ3n) is 2.67. The van der Waals surface area contributed by atoms with Crippen molar-refractivity contribution in [2.24, 2.45) is 5.92 Å². The van der Waals surface area contributed by atoms with E-state index in [-0.39, 0.29) is 0 Å². The van der Waals surface area contributed by atoms with Gasteiger partial charge >= 0.3 is 0 Å². The highest BCUT2D eigenvalue weighted by Crippen LogP contribution is 2.17. The van der Waals surface area contributed by atoms with Gasteiger partial charge in [-0.15, -0.1) is 11.8 Å². The first-order chi connectivity index (χ1) is 8.18. The summed E-state index contributed by atoms with van der Waals surface area (Å²) in [7, 11) is 0. The molecule has 0 saturated heterocycles. The van der Waals surface area contributed by atoms with Gasteiger partial charge in [-0.3, -0.25) is 0 Å². The average Bonchev–Trinajstić information content (AvgIpc) is 2.27. The zero-order chi connectivity index (χ0) is 12.5. The molecule has 0 aliphatic heterocycles. The van der Waals surface area contributed by atoms with Gasteiger partial charge in [0.15, 0.2) is 0 Å². The van der Waals surface area contributed by atoms with Crippen molar-refractivity contribution in [1.82, 2.24) is 5.32 Å². The fourth-order valence-corrected chi connectivity index (χ4v) is 2.63. The van der Waals surface area contributed by atoms with Gasteiger partial charge in [-0.05, 0) is 44.4 Å². The van der Waals surface area contributed by atoms with E-state index in [0.717, 1.165) is 24.8 Å². The Kier molecular flexibility index (Phi) is 7.38. The summed E-state index contributed by atoms with van der Waals surface area (Å²) in [6.45, 7) is 8.98. The van der Waals surface area contributed by atoms with Crippen molar-refractivity contribution in [2.45, 2.75) is 38.5 Å². The molecule has 1 aromatic carbocycles. The van der Waals surface area contributed by atoms with Crippen molar-refractivity contribution in [1.29, 1.82) is 0 Å². The zero-order valence-electron chi connectivity index (χ0n) is 11.3. The van der Waals surface area contributed by atoms with E-state index in [4.69, 9.17) is 0 Å². The lowest BCUT2D eigenvalue weighted by Gasteiger charge is -2.06. The number of aryl methyl sites for hydroxylation is 1. The minimum Gasteiger partial charge on any atom is -0.316 e. The van der Waals surface area contributed by atoms with Gasteiger partial charge in [0.05, 0.1) is 0 Å². The van der Waals surface area contributed by atoms with Crippen molar-refractivity contribution in [3.05, 3.63) is 29.8 Å². The lowest BCUT2D eigenvalue weighted by atomic mass is 10.1. The van der Waals surface area contributed by atoms with Crippen LogP contribution in [0.25, 0.3) is 0 Å². The largest absolute Gasteiger partial charge is 0.316 e. The lowest BCUT2D eigenvalue weighted by molar-refractivity contribution is 0.534. The van der Waals surface area contributed by atoms with Gasteiger partial charge < -0.3 is 5.32 Å². The summed E-state index contributed by atoms with van der Waals surface area (Å²) < 4.78 is 0. The minimum atomic E-state index is 0.832. The molecule has 1 nitrogen and oxygen atoms in total. The Balaban J connectivity index is 2.01. The van der Waals surface area contributed by atoms with Gasteiger partial charge in [0.25, 0.3) is 0 Å².